The van der Waals surface area contributed by atoms with E-state index in [-0.39, 0.29) is 0 Å². The predicted octanol–water partition coefficient (Wildman–Crippen LogP) is 8.45. The minimum Gasteiger partial charge on any atom is -0.261 e. The van der Waals surface area contributed by atoms with E-state index in [1.165, 1.54) is 81.0 Å². The summed E-state index contributed by atoms with van der Waals surface area (Å²) in [7, 11) is 0. The maximum absolute atomic E-state index is 4.71. The van der Waals surface area contributed by atoms with Gasteiger partial charge in [-0.15, -0.1) is 0 Å². The number of aryl methyl sites for hydroxylation is 2. The second kappa shape index (κ2) is 13.0. The van der Waals surface area contributed by atoms with Gasteiger partial charge in [-0.05, 0) is 43.4 Å². The molecule has 31 heavy (non-hydrogen) atoms. The molecular formula is C29H38N2. The van der Waals surface area contributed by atoms with E-state index in [1.54, 1.807) is 0 Å². The summed E-state index contributed by atoms with van der Waals surface area (Å²) in [6, 6.07) is 17.5. The van der Waals surface area contributed by atoms with Gasteiger partial charge in [0.05, 0.1) is 5.69 Å². The van der Waals surface area contributed by atoms with Crippen LogP contribution in [0.5, 0.6) is 0 Å². The summed E-state index contributed by atoms with van der Waals surface area (Å²) < 4.78 is 0. The van der Waals surface area contributed by atoms with E-state index in [4.69, 9.17) is 4.98 Å². The van der Waals surface area contributed by atoms with Crippen LogP contribution in [-0.2, 0) is 12.8 Å². The lowest BCUT2D eigenvalue weighted by atomic mass is 10.0. The van der Waals surface area contributed by atoms with Crippen LogP contribution in [0.25, 0.3) is 22.4 Å². The molecule has 2 heteroatoms. The molecule has 3 rings (SSSR count). The molecule has 0 aliphatic rings. The Labute approximate surface area is 189 Å². The second-order valence-corrected chi connectivity index (χ2v) is 8.64. The molecule has 0 N–H and O–H groups in total. The molecule has 2 heterocycles. The first-order valence-electron chi connectivity index (χ1n) is 12.3. The summed E-state index contributed by atoms with van der Waals surface area (Å²) >= 11 is 0. The molecule has 0 fully saturated rings. The Balaban J connectivity index is 1.52. The van der Waals surface area contributed by atoms with Crippen molar-refractivity contribution in [3.05, 3.63) is 72.2 Å². The normalized spacial score (nSPS) is 11.0. The van der Waals surface area contributed by atoms with Gasteiger partial charge in [-0.3, -0.25) is 9.97 Å². The Kier molecular flexibility index (Phi) is 9.76. The van der Waals surface area contributed by atoms with Crippen molar-refractivity contribution in [2.24, 2.45) is 0 Å². The summed E-state index contributed by atoms with van der Waals surface area (Å²) in [6.07, 6.45) is 18.0. The van der Waals surface area contributed by atoms with Crippen molar-refractivity contribution in [2.75, 3.05) is 0 Å². The van der Waals surface area contributed by atoms with Crippen molar-refractivity contribution in [3.8, 4) is 22.4 Å². The molecule has 164 valence electrons. The lowest BCUT2D eigenvalue weighted by molar-refractivity contribution is 0.607. The first-order chi connectivity index (χ1) is 15.3. The van der Waals surface area contributed by atoms with E-state index in [9.17, 15) is 0 Å². The Morgan fingerprint density at radius 3 is 1.74 bits per heavy atom. The van der Waals surface area contributed by atoms with Crippen LogP contribution in [0.3, 0.4) is 0 Å². The highest BCUT2D eigenvalue weighted by atomic mass is 14.7. The number of rotatable bonds is 13. The van der Waals surface area contributed by atoms with Gasteiger partial charge in [0.2, 0.25) is 0 Å². The minimum atomic E-state index is 1.03. The maximum atomic E-state index is 4.71. The van der Waals surface area contributed by atoms with Crippen LogP contribution in [-0.4, -0.2) is 9.97 Å². The van der Waals surface area contributed by atoms with Crippen LogP contribution >= 0.6 is 0 Å². The fourth-order valence-electron chi connectivity index (χ4n) is 3.99. The molecule has 0 aliphatic carbocycles. The first kappa shape index (κ1) is 23.2. The largest absolute Gasteiger partial charge is 0.261 e. The van der Waals surface area contributed by atoms with Gasteiger partial charge in [-0.2, -0.15) is 0 Å². The molecule has 3 aromatic rings. The molecule has 0 aliphatic heterocycles. The van der Waals surface area contributed by atoms with Gasteiger partial charge in [0, 0.05) is 34.8 Å². The zero-order valence-electron chi connectivity index (χ0n) is 19.4. The predicted molar refractivity (Wildman–Crippen MR) is 133 cm³/mol. The van der Waals surface area contributed by atoms with Gasteiger partial charge in [0.1, 0.15) is 0 Å². The average molecular weight is 415 g/mol. The quantitative estimate of drug-likeness (QED) is 0.262. The molecule has 0 unspecified atom stereocenters. The Morgan fingerprint density at radius 2 is 1.10 bits per heavy atom. The van der Waals surface area contributed by atoms with Crippen LogP contribution in [0.2, 0.25) is 0 Å². The fourth-order valence-corrected chi connectivity index (χ4v) is 3.99. The van der Waals surface area contributed by atoms with Crippen molar-refractivity contribution >= 4 is 0 Å². The summed E-state index contributed by atoms with van der Waals surface area (Å²) in [4.78, 5) is 9.35. The summed E-state index contributed by atoms with van der Waals surface area (Å²) in [6.45, 7) is 4.51. The van der Waals surface area contributed by atoms with Crippen LogP contribution in [0.4, 0.5) is 0 Å². The number of nitrogens with zero attached hydrogens (tertiary/aromatic N) is 2. The van der Waals surface area contributed by atoms with E-state index >= 15 is 0 Å². The van der Waals surface area contributed by atoms with Crippen molar-refractivity contribution in [3.63, 3.8) is 0 Å². The summed E-state index contributed by atoms with van der Waals surface area (Å²) in [5.74, 6) is 0. The molecule has 0 radical (unpaired) electrons. The lowest BCUT2D eigenvalue weighted by Gasteiger charge is -2.07. The van der Waals surface area contributed by atoms with Crippen molar-refractivity contribution in [2.45, 2.75) is 84.5 Å². The SMILES string of the molecule is CCCCCCCCc1ccc(-c2ccc(-c3ccc(CCCCC)nc3)cn2)cc1. The van der Waals surface area contributed by atoms with Gasteiger partial charge in [-0.1, -0.05) is 95.2 Å². The Morgan fingerprint density at radius 1 is 0.516 bits per heavy atom. The number of unbranched alkanes of at least 4 members (excludes halogenated alkanes) is 7. The van der Waals surface area contributed by atoms with Gasteiger partial charge >= 0.3 is 0 Å². The zero-order chi connectivity index (χ0) is 21.7. The van der Waals surface area contributed by atoms with E-state index in [1.807, 2.05) is 12.4 Å². The molecular weight excluding hydrogens is 376 g/mol. The van der Waals surface area contributed by atoms with Crippen molar-refractivity contribution in [1.82, 2.24) is 9.97 Å². The topological polar surface area (TPSA) is 25.8 Å². The maximum Gasteiger partial charge on any atom is 0.0702 e. The highest BCUT2D eigenvalue weighted by molar-refractivity contribution is 5.66. The van der Waals surface area contributed by atoms with Crippen LogP contribution < -0.4 is 0 Å². The van der Waals surface area contributed by atoms with Gasteiger partial charge in [-0.25, -0.2) is 0 Å². The van der Waals surface area contributed by atoms with E-state index in [0.717, 1.165) is 23.2 Å². The highest BCUT2D eigenvalue weighted by Crippen LogP contribution is 2.23. The second-order valence-electron chi connectivity index (χ2n) is 8.64. The third-order valence-corrected chi connectivity index (χ3v) is 6.03. The smallest absolute Gasteiger partial charge is 0.0702 e. The van der Waals surface area contributed by atoms with Crippen LogP contribution in [0.15, 0.2) is 60.9 Å². The molecule has 2 nitrogen and oxygen atoms in total. The molecule has 2 aromatic heterocycles. The molecule has 0 saturated carbocycles. The summed E-state index contributed by atoms with van der Waals surface area (Å²) in [5.41, 5.74) is 7.08. The standard InChI is InChI=1S/C29H38N2/c1-3-5-7-8-9-11-12-24-14-16-25(17-15-24)29-21-19-27(23-31-29)26-18-20-28(30-22-26)13-10-6-4-2/h14-23H,3-13H2,1-2H3. The van der Waals surface area contributed by atoms with E-state index < -0.39 is 0 Å². The van der Waals surface area contributed by atoms with Gasteiger partial charge in [0.15, 0.2) is 0 Å². The monoisotopic (exact) mass is 414 g/mol. The van der Waals surface area contributed by atoms with Gasteiger partial charge in [0.25, 0.3) is 0 Å². The number of pyridine rings is 2. The summed E-state index contributed by atoms with van der Waals surface area (Å²) in [5, 5.41) is 0. The Bertz CT molecular complexity index is 864. The molecule has 0 spiro atoms. The number of hydrogen-bond acceptors (Lipinski definition) is 2. The highest BCUT2D eigenvalue weighted by Gasteiger charge is 2.04. The number of hydrogen-bond donors (Lipinski definition) is 0. The zero-order valence-corrected chi connectivity index (χ0v) is 19.4. The lowest BCUT2D eigenvalue weighted by Crippen LogP contribution is -1.91. The third-order valence-electron chi connectivity index (χ3n) is 6.03. The van der Waals surface area contributed by atoms with Crippen LogP contribution in [0, 0.1) is 0 Å². The average Bonchev–Trinajstić information content (AvgIpc) is 2.82. The van der Waals surface area contributed by atoms with Crippen molar-refractivity contribution < 1.29 is 0 Å². The fraction of sp³-hybridized carbons (Fsp3) is 0.448. The molecule has 0 amide bonds. The molecule has 0 saturated heterocycles. The van der Waals surface area contributed by atoms with Gasteiger partial charge < -0.3 is 0 Å². The minimum absolute atomic E-state index is 1.03. The molecule has 1 aromatic carbocycles. The number of benzene rings is 1. The van der Waals surface area contributed by atoms with E-state index in [0.29, 0.717) is 0 Å². The Hall–Kier alpha value is -2.48. The first-order valence-corrected chi connectivity index (χ1v) is 12.3. The third kappa shape index (κ3) is 7.61. The van der Waals surface area contributed by atoms with Crippen LogP contribution in [0.1, 0.15) is 82.9 Å². The van der Waals surface area contributed by atoms with Crippen molar-refractivity contribution in [1.29, 1.82) is 0 Å². The number of aromatic nitrogens is 2. The molecule has 0 atom stereocenters. The van der Waals surface area contributed by atoms with E-state index in [2.05, 4.69) is 67.4 Å². The molecule has 0 bridgehead atoms.